The first-order chi connectivity index (χ1) is 24.2. The molecule has 2 aliphatic rings. The molecule has 3 heterocycles. The van der Waals surface area contributed by atoms with Crippen molar-refractivity contribution >= 4 is 63.5 Å². The van der Waals surface area contributed by atoms with Gasteiger partial charge in [0.05, 0.1) is 6.61 Å². The van der Waals surface area contributed by atoms with Crippen LogP contribution in [0.2, 0.25) is 0 Å². The number of imide groups is 1. The summed E-state index contributed by atoms with van der Waals surface area (Å²) in [5.41, 5.74) is 3.92. The number of rotatable bonds is 12. The van der Waals surface area contributed by atoms with Crippen molar-refractivity contribution in [3.8, 4) is 5.75 Å². The normalized spacial score (nSPS) is 15.5. The van der Waals surface area contributed by atoms with E-state index in [4.69, 9.17) is 4.74 Å². The molecular weight excluding hydrogens is 642 g/mol. The van der Waals surface area contributed by atoms with Crippen molar-refractivity contribution in [2.45, 2.75) is 38.3 Å². The van der Waals surface area contributed by atoms with Gasteiger partial charge in [0.25, 0.3) is 5.91 Å². The maximum absolute atomic E-state index is 12.8. The summed E-state index contributed by atoms with van der Waals surface area (Å²) in [6, 6.07) is 18.1. The number of nitrogens with zero attached hydrogens (tertiary/aromatic N) is 1. The highest BCUT2D eigenvalue weighted by Gasteiger charge is 2.39. The van der Waals surface area contributed by atoms with E-state index < -0.39 is 29.8 Å². The van der Waals surface area contributed by atoms with Crippen LogP contribution < -0.4 is 31.3 Å². The Labute approximate surface area is 286 Å². The van der Waals surface area contributed by atoms with Crippen LogP contribution in [0.1, 0.15) is 41.6 Å². The third-order valence-electron chi connectivity index (χ3n) is 8.24. The number of fused-ring (bicyclic) bond motifs is 2. The lowest BCUT2D eigenvalue weighted by molar-refractivity contribution is -0.137. The number of H-pyrrole nitrogens is 1. The third kappa shape index (κ3) is 8.34. The second kappa shape index (κ2) is 15.2. The average molecular weight is 678 g/mol. The van der Waals surface area contributed by atoms with Crippen LogP contribution in [-0.2, 0) is 25.7 Å². The second-order valence-electron chi connectivity index (χ2n) is 11.8. The Balaban J connectivity index is 0.852. The van der Waals surface area contributed by atoms with Gasteiger partial charge in [0.2, 0.25) is 23.6 Å². The zero-order valence-electron chi connectivity index (χ0n) is 26.9. The molecule has 14 nitrogen and oxygen atoms in total. The van der Waals surface area contributed by atoms with Crippen molar-refractivity contribution in [1.29, 1.82) is 0 Å². The zero-order valence-corrected chi connectivity index (χ0v) is 26.9. The van der Waals surface area contributed by atoms with Gasteiger partial charge in [0.1, 0.15) is 11.8 Å². The molecule has 0 aliphatic carbocycles. The van der Waals surface area contributed by atoms with E-state index in [1.165, 1.54) is 4.90 Å². The lowest BCUT2D eigenvalue weighted by atomic mass is 10.0. The first-order valence-electron chi connectivity index (χ1n) is 16.1. The van der Waals surface area contributed by atoms with E-state index in [0.29, 0.717) is 60.8 Å². The monoisotopic (exact) mass is 677 g/mol. The largest absolute Gasteiger partial charge is 0.494 e. The van der Waals surface area contributed by atoms with Gasteiger partial charge >= 0.3 is 6.03 Å². The number of benzene rings is 3. The standard InChI is InChI=1S/C36H35N7O7/c44-31(13-14-32(45)39-24-3-5-25(6-4-24)40-36(49)41-26-7-10-29-22(19-26)15-17-37-29)38-16-1-2-18-50-27-8-9-28-23(20-27)21-43(35(28)48)30-11-12-33(46)42-34(30)47/h3-10,13-15,17,19-20,30,37H,1-2,11-12,16,18,21H2,(H,38,44)(H,39,45)(H2,40,41,49)(H,42,46,47)/b14-13+. The molecule has 1 fully saturated rings. The molecule has 2 aliphatic heterocycles. The van der Waals surface area contributed by atoms with Gasteiger partial charge < -0.3 is 35.9 Å². The molecule has 1 aromatic heterocycles. The lowest BCUT2D eigenvalue weighted by Gasteiger charge is -2.29. The van der Waals surface area contributed by atoms with Crippen LogP contribution in [0.5, 0.6) is 5.75 Å². The van der Waals surface area contributed by atoms with E-state index in [9.17, 15) is 28.8 Å². The van der Waals surface area contributed by atoms with Crippen molar-refractivity contribution in [2.75, 3.05) is 29.1 Å². The number of urea groups is 1. The van der Waals surface area contributed by atoms with Gasteiger partial charge in [0.15, 0.2) is 0 Å². The quantitative estimate of drug-likeness (QED) is 0.0741. The molecule has 4 aromatic rings. The predicted molar refractivity (Wildman–Crippen MR) is 185 cm³/mol. The summed E-state index contributed by atoms with van der Waals surface area (Å²) >= 11 is 0. The van der Waals surface area contributed by atoms with Gasteiger partial charge in [-0.05, 0) is 91.6 Å². The SMILES string of the molecule is O=C(/C=C/C(=O)Nc1ccc(NC(=O)Nc2ccc3[nH]ccc3c2)cc1)NCCCCOc1ccc2c(c1)CN(C1CCC(=O)NC1=O)C2=O. The maximum Gasteiger partial charge on any atom is 0.323 e. The number of hydrogen-bond donors (Lipinski definition) is 6. The Morgan fingerprint density at radius 3 is 2.38 bits per heavy atom. The van der Waals surface area contributed by atoms with Crippen LogP contribution in [-0.4, -0.2) is 64.6 Å². The number of carbonyl (C=O) groups excluding carboxylic acids is 6. The summed E-state index contributed by atoms with van der Waals surface area (Å²) < 4.78 is 5.83. The van der Waals surface area contributed by atoms with Crippen molar-refractivity contribution < 1.29 is 33.5 Å². The summed E-state index contributed by atoms with van der Waals surface area (Å²) in [6.07, 6.45) is 5.91. The fourth-order valence-corrected chi connectivity index (χ4v) is 5.72. The van der Waals surface area contributed by atoms with Crippen LogP contribution >= 0.6 is 0 Å². The number of nitrogens with one attached hydrogen (secondary N) is 6. The summed E-state index contributed by atoms with van der Waals surface area (Å²) in [5.74, 6) is -1.32. The van der Waals surface area contributed by atoms with E-state index in [0.717, 1.165) is 28.6 Å². The highest BCUT2D eigenvalue weighted by Crippen LogP contribution is 2.30. The molecule has 0 radical (unpaired) electrons. The second-order valence-corrected chi connectivity index (χ2v) is 11.8. The van der Waals surface area contributed by atoms with Crippen molar-refractivity contribution in [3.05, 3.63) is 96.2 Å². The molecule has 0 bridgehead atoms. The van der Waals surface area contributed by atoms with Gasteiger partial charge in [0, 0.05) is 71.4 Å². The van der Waals surface area contributed by atoms with Crippen molar-refractivity contribution in [1.82, 2.24) is 20.5 Å². The smallest absolute Gasteiger partial charge is 0.323 e. The molecule has 6 rings (SSSR count). The predicted octanol–water partition coefficient (Wildman–Crippen LogP) is 4.04. The highest BCUT2D eigenvalue weighted by molar-refractivity contribution is 6.06. The van der Waals surface area contributed by atoms with Crippen LogP contribution in [0.4, 0.5) is 21.9 Å². The highest BCUT2D eigenvalue weighted by atomic mass is 16.5. The molecule has 7 amide bonds. The number of hydrogen-bond acceptors (Lipinski definition) is 7. The van der Waals surface area contributed by atoms with E-state index in [2.05, 4.69) is 31.6 Å². The minimum absolute atomic E-state index is 0.198. The zero-order chi connectivity index (χ0) is 35.0. The first-order valence-corrected chi connectivity index (χ1v) is 16.1. The molecule has 256 valence electrons. The van der Waals surface area contributed by atoms with Gasteiger partial charge in [-0.3, -0.25) is 29.3 Å². The summed E-state index contributed by atoms with van der Waals surface area (Å²) in [6.45, 7) is 1.05. The van der Waals surface area contributed by atoms with E-state index in [1.807, 2.05) is 24.4 Å². The number of aromatic amines is 1. The number of amides is 7. The van der Waals surface area contributed by atoms with Gasteiger partial charge in [-0.2, -0.15) is 0 Å². The van der Waals surface area contributed by atoms with Crippen LogP contribution in [0.15, 0.2) is 85.1 Å². The van der Waals surface area contributed by atoms with Crippen molar-refractivity contribution in [3.63, 3.8) is 0 Å². The fraction of sp³-hybridized carbons (Fsp3) is 0.222. The minimum Gasteiger partial charge on any atom is -0.494 e. The molecular formula is C36H35N7O7. The molecule has 14 heteroatoms. The Hall–Kier alpha value is -6.44. The molecule has 6 N–H and O–H groups in total. The van der Waals surface area contributed by atoms with E-state index in [-0.39, 0.29) is 24.8 Å². The van der Waals surface area contributed by atoms with Crippen LogP contribution in [0.25, 0.3) is 10.9 Å². The number of carbonyl (C=O) groups is 6. The molecule has 1 saturated heterocycles. The van der Waals surface area contributed by atoms with Gasteiger partial charge in [-0.1, -0.05) is 0 Å². The molecule has 1 unspecified atom stereocenters. The maximum atomic E-state index is 12.8. The Kier molecular flexibility index (Phi) is 10.2. The lowest BCUT2D eigenvalue weighted by Crippen LogP contribution is -2.52. The number of piperidine rings is 1. The molecule has 3 aromatic carbocycles. The number of unbranched alkanes of at least 4 members (excludes halogenated alkanes) is 1. The van der Waals surface area contributed by atoms with Crippen molar-refractivity contribution in [2.24, 2.45) is 0 Å². The number of anilines is 3. The topological polar surface area (TPSA) is 191 Å². The fourth-order valence-electron chi connectivity index (χ4n) is 5.72. The molecule has 0 spiro atoms. The summed E-state index contributed by atoms with van der Waals surface area (Å²) in [4.78, 5) is 78.0. The first kappa shape index (κ1) is 33.5. The van der Waals surface area contributed by atoms with Crippen LogP contribution in [0, 0.1) is 0 Å². The van der Waals surface area contributed by atoms with E-state index >= 15 is 0 Å². The third-order valence-corrected chi connectivity index (χ3v) is 8.24. The van der Waals surface area contributed by atoms with Gasteiger partial charge in [-0.15, -0.1) is 0 Å². The molecule has 50 heavy (non-hydrogen) atoms. The summed E-state index contributed by atoms with van der Waals surface area (Å²) in [5, 5.41) is 14.2. The van der Waals surface area contributed by atoms with Crippen LogP contribution in [0.3, 0.4) is 0 Å². The Bertz CT molecular complexity index is 1990. The Morgan fingerprint density at radius 1 is 0.840 bits per heavy atom. The van der Waals surface area contributed by atoms with E-state index in [1.54, 1.807) is 48.5 Å². The number of aromatic nitrogens is 1. The average Bonchev–Trinajstić information content (AvgIpc) is 3.69. The summed E-state index contributed by atoms with van der Waals surface area (Å²) in [7, 11) is 0. The molecule has 1 atom stereocenters. The minimum atomic E-state index is -0.669. The number of ether oxygens (including phenoxy) is 1. The Morgan fingerprint density at radius 2 is 1.58 bits per heavy atom. The molecule has 0 saturated carbocycles. The van der Waals surface area contributed by atoms with Gasteiger partial charge in [-0.25, -0.2) is 4.79 Å².